The van der Waals surface area contributed by atoms with Crippen molar-refractivity contribution >= 4 is 21.7 Å². The largest absolute Gasteiger partial charge is 0.451 e. The van der Waals surface area contributed by atoms with Crippen LogP contribution in [0.15, 0.2) is 53.1 Å². The third kappa shape index (κ3) is 5.89. The van der Waals surface area contributed by atoms with Crippen LogP contribution < -0.4 is 4.31 Å². The lowest BCUT2D eigenvalue weighted by Crippen LogP contribution is -2.36. The summed E-state index contributed by atoms with van der Waals surface area (Å²) in [6.07, 6.45) is -4.63. The number of hydrogen-bond acceptors (Lipinski definition) is 7. The van der Waals surface area contributed by atoms with Gasteiger partial charge in [-0.1, -0.05) is 35.5 Å². The van der Waals surface area contributed by atoms with Crippen molar-refractivity contribution in [3.8, 4) is 11.4 Å². The van der Waals surface area contributed by atoms with E-state index in [9.17, 15) is 26.4 Å². The van der Waals surface area contributed by atoms with E-state index in [0.717, 1.165) is 22.7 Å². The molecule has 8 nitrogen and oxygen atoms in total. The minimum Gasteiger partial charge on any atom is -0.451 e. The van der Waals surface area contributed by atoms with Crippen molar-refractivity contribution in [2.45, 2.75) is 26.1 Å². The number of carbonyl (C=O) groups is 1. The molecule has 0 N–H and O–H groups in total. The fourth-order valence-corrected chi connectivity index (χ4v) is 3.88. The number of sulfonamides is 1. The second-order valence-corrected chi connectivity index (χ2v) is 9.13. The highest BCUT2D eigenvalue weighted by atomic mass is 32.2. The van der Waals surface area contributed by atoms with Crippen LogP contribution >= 0.6 is 0 Å². The quantitative estimate of drug-likeness (QED) is 0.466. The molecule has 0 aliphatic carbocycles. The first-order valence-corrected chi connectivity index (χ1v) is 11.4. The maximum absolute atomic E-state index is 12.9. The Hall–Kier alpha value is -3.41. The van der Waals surface area contributed by atoms with Crippen LogP contribution in [-0.4, -0.2) is 37.3 Å². The van der Waals surface area contributed by atoms with E-state index >= 15 is 0 Å². The van der Waals surface area contributed by atoms with Crippen LogP contribution in [0.3, 0.4) is 0 Å². The number of ether oxygens (including phenoxy) is 1. The summed E-state index contributed by atoms with van der Waals surface area (Å²) in [7, 11) is -3.79. The molecule has 0 spiro atoms. The summed E-state index contributed by atoms with van der Waals surface area (Å²) >= 11 is 0. The van der Waals surface area contributed by atoms with Crippen LogP contribution in [0.5, 0.6) is 0 Å². The van der Waals surface area contributed by atoms with E-state index in [1.807, 2.05) is 0 Å². The number of nitrogens with zero attached hydrogens (tertiary/aromatic N) is 3. The number of alkyl halides is 3. The van der Waals surface area contributed by atoms with Gasteiger partial charge in [0.15, 0.2) is 6.10 Å². The molecule has 3 rings (SSSR count). The van der Waals surface area contributed by atoms with Gasteiger partial charge < -0.3 is 9.26 Å². The van der Waals surface area contributed by atoms with E-state index in [4.69, 9.17) is 9.26 Å². The van der Waals surface area contributed by atoms with E-state index in [1.165, 1.54) is 19.1 Å². The summed E-state index contributed by atoms with van der Waals surface area (Å²) in [6, 6.07) is 11.0. The molecule has 1 unspecified atom stereocenters. The molecule has 0 amide bonds. The van der Waals surface area contributed by atoms with Crippen molar-refractivity contribution in [1.29, 1.82) is 0 Å². The molecule has 0 saturated heterocycles. The Kier molecular flexibility index (Phi) is 6.77. The number of anilines is 1. The highest BCUT2D eigenvalue weighted by molar-refractivity contribution is 7.92. The number of hydrogen-bond donors (Lipinski definition) is 0. The molecule has 2 aromatic carbocycles. The van der Waals surface area contributed by atoms with E-state index in [-0.39, 0.29) is 17.3 Å². The van der Waals surface area contributed by atoms with Crippen LogP contribution in [0, 0.1) is 6.92 Å². The third-order valence-electron chi connectivity index (χ3n) is 4.60. The molecule has 12 heteroatoms. The molecule has 0 saturated carbocycles. The number of aromatic nitrogens is 2. The average Bonchev–Trinajstić information content (AvgIpc) is 3.22. The average molecular weight is 483 g/mol. The normalized spacial score (nSPS) is 12.9. The lowest BCUT2D eigenvalue weighted by atomic mass is 10.1. The molecule has 1 atom stereocenters. The van der Waals surface area contributed by atoms with Gasteiger partial charge >= 0.3 is 12.1 Å². The highest BCUT2D eigenvalue weighted by Gasteiger charge is 2.31. The molecule has 0 fully saturated rings. The summed E-state index contributed by atoms with van der Waals surface area (Å²) in [6.45, 7) is 2.53. The summed E-state index contributed by atoms with van der Waals surface area (Å²) < 4.78 is 74.4. The van der Waals surface area contributed by atoms with Crippen molar-refractivity contribution in [2.75, 3.05) is 17.1 Å². The van der Waals surface area contributed by atoms with Gasteiger partial charge in [0, 0.05) is 5.56 Å². The van der Waals surface area contributed by atoms with E-state index in [1.54, 1.807) is 31.2 Å². The van der Waals surface area contributed by atoms with Gasteiger partial charge in [-0.2, -0.15) is 18.2 Å². The number of para-hydroxylation sites is 1. The number of aryl methyl sites for hydroxylation is 1. The second kappa shape index (κ2) is 9.22. The number of rotatable bonds is 7. The number of benzene rings is 2. The van der Waals surface area contributed by atoms with Crippen molar-refractivity contribution in [3.63, 3.8) is 0 Å². The predicted molar refractivity (Wildman–Crippen MR) is 113 cm³/mol. The minimum atomic E-state index is -4.53. The molecule has 0 aliphatic heterocycles. The zero-order valence-corrected chi connectivity index (χ0v) is 18.6. The van der Waals surface area contributed by atoms with E-state index in [2.05, 4.69) is 10.1 Å². The van der Waals surface area contributed by atoms with Gasteiger partial charge in [-0.05, 0) is 37.6 Å². The van der Waals surface area contributed by atoms with Gasteiger partial charge in [0.05, 0.1) is 17.5 Å². The van der Waals surface area contributed by atoms with Gasteiger partial charge in [-0.25, -0.2) is 8.42 Å². The van der Waals surface area contributed by atoms with Gasteiger partial charge in [0.25, 0.3) is 5.89 Å². The van der Waals surface area contributed by atoms with Crippen molar-refractivity contribution in [2.24, 2.45) is 0 Å². The molecule has 176 valence electrons. The fourth-order valence-electron chi connectivity index (χ4n) is 2.98. The Labute approximate surface area is 188 Å². The molecule has 1 aromatic heterocycles. The number of carbonyl (C=O) groups excluding carboxylic acids is 1. The molecule has 1 heterocycles. The molecule has 0 radical (unpaired) electrons. The van der Waals surface area contributed by atoms with Crippen LogP contribution in [0.1, 0.15) is 30.0 Å². The number of esters is 1. The fraction of sp³-hybridized carbons (Fsp3) is 0.286. The summed E-state index contributed by atoms with van der Waals surface area (Å²) in [5, 5.41) is 3.65. The lowest BCUT2D eigenvalue weighted by molar-refractivity contribution is -0.147. The highest BCUT2D eigenvalue weighted by Crippen LogP contribution is 2.32. The maximum atomic E-state index is 12.9. The van der Waals surface area contributed by atoms with Crippen LogP contribution in [0.25, 0.3) is 11.4 Å². The summed E-state index contributed by atoms with van der Waals surface area (Å²) in [4.78, 5) is 16.5. The third-order valence-corrected chi connectivity index (χ3v) is 5.73. The molecule has 0 aliphatic rings. The Morgan fingerprint density at radius 3 is 2.52 bits per heavy atom. The Balaban J connectivity index is 1.74. The standard InChI is InChI=1S/C21H20F3N3O5S/c1-13-7-4-5-10-17(13)27(33(3,29)30)12-18(28)31-14(2)20-25-19(26-32-20)15-8-6-9-16(11-15)21(22,23)24/h4-11,14H,12H2,1-3H3. The molecule has 3 aromatic rings. The first-order chi connectivity index (χ1) is 15.4. The van der Waals surface area contributed by atoms with Crippen molar-refractivity contribution in [3.05, 3.63) is 65.5 Å². The second-order valence-electron chi connectivity index (χ2n) is 7.22. The van der Waals surface area contributed by atoms with Gasteiger partial charge in [-0.3, -0.25) is 9.10 Å². The first kappa shape index (κ1) is 24.2. The Bertz CT molecular complexity index is 1260. The molecule has 0 bridgehead atoms. The Morgan fingerprint density at radius 1 is 1.18 bits per heavy atom. The first-order valence-electron chi connectivity index (χ1n) is 9.60. The lowest BCUT2D eigenvalue weighted by Gasteiger charge is -2.23. The SMILES string of the molecule is Cc1ccccc1N(CC(=O)OC(C)c1nc(-c2cccc(C(F)(F)F)c2)no1)S(C)(=O)=O. The van der Waals surface area contributed by atoms with Crippen LogP contribution in [0.4, 0.5) is 18.9 Å². The van der Waals surface area contributed by atoms with E-state index in [0.29, 0.717) is 11.3 Å². The van der Waals surface area contributed by atoms with Gasteiger partial charge in [0.1, 0.15) is 6.54 Å². The van der Waals surface area contributed by atoms with Crippen molar-refractivity contribution in [1.82, 2.24) is 10.1 Å². The molecular weight excluding hydrogens is 463 g/mol. The minimum absolute atomic E-state index is 0.0705. The zero-order valence-electron chi connectivity index (χ0n) is 17.8. The molecular formula is C21H20F3N3O5S. The van der Waals surface area contributed by atoms with E-state index < -0.39 is 40.4 Å². The maximum Gasteiger partial charge on any atom is 0.416 e. The summed E-state index contributed by atoms with van der Waals surface area (Å²) in [5.74, 6) is -1.15. The predicted octanol–water partition coefficient (Wildman–Crippen LogP) is 4.13. The number of halogens is 3. The van der Waals surface area contributed by atoms with Gasteiger partial charge in [-0.15, -0.1) is 0 Å². The van der Waals surface area contributed by atoms with Crippen LogP contribution in [0.2, 0.25) is 0 Å². The van der Waals surface area contributed by atoms with Crippen LogP contribution in [-0.2, 0) is 25.7 Å². The van der Waals surface area contributed by atoms with Gasteiger partial charge in [0.2, 0.25) is 15.8 Å². The smallest absolute Gasteiger partial charge is 0.416 e. The van der Waals surface area contributed by atoms with Crippen molar-refractivity contribution < 1.29 is 35.6 Å². The zero-order chi connectivity index (χ0) is 24.4. The summed E-state index contributed by atoms with van der Waals surface area (Å²) in [5.41, 5.74) is 0.171. The topological polar surface area (TPSA) is 103 Å². The molecule has 33 heavy (non-hydrogen) atoms. The Morgan fingerprint density at radius 2 is 1.88 bits per heavy atom. The monoisotopic (exact) mass is 483 g/mol.